The van der Waals surface area contributed by atoms with E-state index < -0.39 is 0 Å². The Morgan fingerprint density at radius 2 is 2.12 bits per heavy atom. The van der Waals surface area contributed by atoms with Gasteiger partial charge in [-0.2, -0.15) is 0 Å². The highest BCUT2D eigenvalue weighted by Gasteiger charge is 2.21. The highest BCUT2D eigenvalue weighted by Crippen LogP contribution is 2.18. The first-order valence-corrected chi connectivity index (χ1v) is 11.8. The zero-order valence-electron chi connectivity index (χ0n) is 19.4. The number of ether oxygens (including phenoxy) is 1. The van der Waals surface area contributed by atoms with Gasteiger partial charge in [0, 0.05) is 43.2 Å². The van der Waals surface area contributed by atoms with Crippen LogP contribution in [0.25, 0.3) is 10.9 Å². The van der Waals surface area contributed by atoms with E-state index >= 15 is 0 Å². The first-order valence-electron chi connectivity index (χ1n) is 11.8. The van der Waals surface area contributed by atoms with Gasteiger partial charge in [-0.3, -0.25) is 14.7 Å². The maximum Gasteiger partial charge on any atom is 0.252 e. The number of aryl methyl sites for hydroxylation is 1. The van der Waals surface area contributed by atoms with Crippen molar-refractivity contribution in [3.63, 3.8) is 0 Å². The number of pyridine rings is 2. The second kappa shape index (κ2) is 10.2. The normalized spacial score (nSPS) is 16.0. The maximum absolute atomic E-state index is 12.9. The minimum absolute atomic E-state index is 0.0770. The molecule has 1 atom stereocenters. The molecule has 0 aliphatic carbocycles. The van der Waals surface area contributed by atoms with Crippen molar-refractivity contribution in [2.45, 2.75) is 58.5 Å². The Kier molecular flexibility index (Phi) is 6.73. The molecule has 1 saturated heterocycles. The van der Waals surface area contributed by atoms with Crippen LogP contribution in [0.5, 0.6) is 0 Å². The van der Waals surface area contributed by atoms with E-state index in [1.54, 1.807) is 6.20 Å². The largest absolute Gasteiger partial charge is 0.376 e. The lowest BCUT2D eigenvalue weighted by Gasteiger charge is -2.22. The lowest BCUT2D eigenvalue weighted by molar-refractivity contribution is 0.0914. The fourth-order valence-corrected chi connectivity index (χ4v) is 4.46. The van der Waals surface area contributed by atoms with Gasteiger partial charge in [-0.15, -0.1) is 5.10 Å². The number of nitrogens with one attached hydrogen (secondary N) is 1. The van der Waals surface area contributed by atoms with Gasteiger partial charge in [0.1, 0.15) is 0 Å². The molecule has 1 unspecified atom stereocenters. The van der Waals surface area contributed by atoms with E-state index in [4.69, 9.17) is 4.74 Å². The van der Waals surface area contributed by atoms with Crippen LogP contribution < -0.4 is 5.56 Å². The monoisotopic (exact) mass is 459 g/mol. The molecule has 1 aliphatic heterocycles. The van der Waals surface area contributed by atoms with Gasteiger partial charge < -0.3 is 9.72 Å². The highest BCUT2D eigenvalue weighted by molar-refractivity contribution is 5.79. The van der Waals surface area contributed by atoms with Crippen molar-refractivity contribution in [1.29, 1.82) is 0 Å². The number of fused-ring (bicyclic) bond motifs is 1. The zero-order chi connectivity index (χ0) is 23.3. The van der Waals surface area contributed by atoms with Crippen molar-refractivity contribution in [1.82, 2.24) is 35.1 Å². The third-order valence-electron chi connectivity index (χ3n) is 6.29. The van der Waals surface area contributed by atoms with Gasteiger partial charge in [0.15, 0.2) is 5.82 Å². The summed E-state index contributed by atoms with van der Waals surface area (Å²) in [6.45, 7) is 5.14. The number of rotatable bonds is 9. The molecule has 5 rings (SSSR count). The smallest absolute Gasteiger partial charge is 0.252 e. The lowest BCUT2D eigenvalue weighted by Crippen LogP contribution is -2.29. The number of hydrogen-bond donors (Lipinski definition) is 1. The molecule has 9 nitrogen and oxygen atoms in total. The second-order valence-corrected chi connectivity index (χ2v) is 8.82. The van der Waals surface area contributed by atoms with E-state index in [1.807, 2.05) is 35.1 Å². The average molecular weight is 460 g/mol. The molecule has 0 amide bonds. The predicted molar refractivity (Wildman–Crippen MR) is 128 cm³/mol. The number of aromatic amines is 1. The Labute approximate surface area is 197 Å². The molecule has 9 heteroatoms. The fraction of sp³-hybridized carbons (Fsp3) is 0.400. The van der Waals surface area contributed by atoms with E-state index in [-0.39, 0.29) is 11.7 Å². The van der Waals surface area contributed by atoms with Crippen LogP contribution in [0.3, 0.4) is 0 Å². The first-order chi connectivity index (χ1) is 16.7. The van der Waals surface area contributed by atoms with Crippen LogP contribution in [0.1, 0.15) is 42.3 Å². The van der Waals surface area contributed by atoms with Crippen molar-refractivity contribution in [2.75, 3.05) is 6.61 Å². The van der Waals surface area contributed by atoms with Crippen LogP contribution in [0, 0.1) is 0 Å². The van der Waals surface area contributed by atoms with Gasteiger partial charge in [-0.25, -0.2) is 4.68 Å². The van der Waals surface area contributed by atoms with Crippen molar-refractivity contribution >= 4 is 10.9 Å². The number of H-pyrrole nitrogens is 1. The average Bonchev–Trinajstić information content (AvgIpc) is 3.52. The summed E-state index contributed by atoms with van der Waals surface area (Å²) in [6, 6.07) is 12.1. The number of hydrogen-bond acceptors (Lipinski definition) is 7. The van der Waals surface area contributed by atoms with E-state index in [2.05, 4.69) is 49.4 Å². The minimum atomic E-state index is -0.0770. The van der Waals surface area contributed by atoms with Crippen LogP contribution >= 0.6 is 0 Å². The number of benzene rings is 1. The molecule has 1 N–H and O–H groups in total. The zero-order valence-corrected chi connectivity index (χ0v) is 19.4. The molecule has 1 aliphatic rings. The lowest BCUT2D eigenvalue weighted by atomic mass is 10.1. The molecular weight excluding hydrogens is 430 g/mol. The summed E-state index contributed by atoms with van der Waals surface area (Å²) in [5, 5.41) is 13.4. The van der Waals surface area contributed by atoms with E-state index in [9.17, 15) is 4.79 Å². The highest BCUT2D eigenvalue weighted by atomic mass is 16.5. The molecule has 0 spiro atoms. The van der Waals surface area contributed by atoms with Gasteiger partial charge in [0.25, 0.3) is 5.56 Å². The second-order valence-electron chi connectivity index (χ2n) is 8.82. The summed E-state index contributed by atoms with van der Waals surface area (Å²) in [5.41, 5.74) is 3.79. The quantitative estimate of drug-likeness (QED) is 0.411. The van der Waals surface area contributed by atoms with Gasteiger partial charge in [-0.05, 0) is 70.5 Å². The maximum atomic E-state index is 12.9. The van der Waals surface area contributed by atoms with Crippen LogP contribution in [0.15, 0.2) is 53.6 Å². The van der Waals surface area contributed by atoms with Crippen molar-refractivity contribution < 1.29 is 4.74 Å². The minimum Gasteiger partial charge on any atom is -0.376 e. The SMILES string of the molecule is CCc1ccc2[nH]c(=O)c(CN(Cc3cccnc3)Cc3nnnn3CC3CCCO3)cc2c1. The summed E-state index contributed by atoms with van der Waals surface area (Å²) in [6.07, 6.45) is 6.79. The van der Waals surface area contributed by atoms with Crippen LogP contribution in [0.4, 0.5) is 0 Å². The molecule has 4 aromatic rings. The van der Waals surface area contributed by atoms with Gasteiger partial charge >= 0.3 is 0 Å². The number of aromatic nitrogens is 6. The Balaban J connectivity index is 1.42. The van der Waals surface area contributed by atoms with Crippen LogP contribution in [-0.4, -0.2) is 47.8 Å². The van der Waals surface area contributed by atoms with Gasteiger partial charge in [-0.1, -0.05) is 19.1 Å². The van der Waals surface area contributed by atoms with Crippen molar-refractivity contribution in [3.8, 4) is 0 Å². The Hall–Kier alpha value is -3.43. The molecule has 1 aromatic carbocycles. The van der Waals surface area contributed by atoms with Crippen molar-refractivity contribution in [2.24, 2.45) is 0 Å². The molecule has 0 saturated carbocycles. The Bertz CT molecular complexity index is 1300. The van der Waals surface area contributed by atoms with E-state index in [0.29, 0.717) is 31.7 Å². The first kappa shape index (κ1) is 22.4. The third kappa shape index (κ3) is 5.21. The summed E-state index contributed by atoms with van der Waals surface area (Å²) >= 11 is 0. The van der Waals surface area contributed by atoms with Gasteiger partial charge in [0.05, 0.1) is 19.2 Å². The predicted octanol–water partition coefficient (Wildman–Crippen LogP) is 2.85. The Morgan fingerprint density at radius 3 is 2.91 bits per heavy atom. The standard InChI is InChI=1S/C25H29N7O2/c1-2-18-7-8-23-20(11-18)12-21(25(33)27-23)15-31(14-19-5-3-9-26-13-19)17-24-28-29-30-32(24)16-22-6-4-10-34-22/h3,5,7-9,11-13,22H,2,4,6,10,14-17H2,1H3,(H,27,33). The molecule has 176 valence electrons. The third-order valence-corrected chi connectivity index (χ3v) is 6.29. The van der Waals surface area contributed by atoms with Crippen LogP contribution in [0.2, 0.25) is 0 Å². The fourth-order valence-electron chi connectivity index (χ4n) is 4.46. The summed E-state index contributed by atoms with van der Waals surface area (Å²) in [4.78, 5) is 22.4. The molecule has 1 fully saturated rings. The number of tetrazole rings is 1. The topological polar surface area (TPSA) is 102 Å². The molecule has 0 radical (unpaired) electrons. The van der Waals surface area contributed by atoms with Crippen LogP contribution in [-0.2, 0) is 37.3 Å². The van der Waals surface area contributed by atoms with Crippen molar-refractivity contribution in [3.05, 3.63) is 81.7 Å². The van der Waals surface area contributed by atoms with E-state index in [1.165, 1.54) is 5.56 Å². The molecular formula is C25H29N7O2. The summed E-state index contributed by atoms with van der Waals surface area (Å²) < 4.78 is 7.59. The summed E-state index contributed by atoms with van der Waals surface area (Å²) in [7, 11) is 0. The Morgan fingerprint density at radius 1 is 1.18 bits per heavy atom. The summed E-state index contributed by atoms with van der Waals surface area (Å²) in [5.74, 6) is 0.755. The molecule has 0 bridgehead atoms. The molecule has 4 heterocycles. The molecule has 34 heavy (non-hydrogen) atoms. The number of nitrogens with zero attached hydrogens (tertiary/aromatic N) is 6. The van der Waals surface area contributed by atoms with Gasteiger partial charge in [0.2, 0.25) is 0 Å². The molecule has 3 aromatic heterocycles. The van der Waals surface area contributed by atoms with E-state index in [0.717, 1.165) is 48.2 Å².